The first kappa shape index (κ1) is 10.0. The highest BCUT2D eigenvalue weighted by Gasteiger charge is 2.51. The molecule has 0 aromatic carbocycles. The second-order valence-electron chi connectivity index (χ2n) is 3.43. The Labute approximate surface area is 78.3 Å². The topological polar surface area (TPSA) is 49.4 Å². The first-order valence-corrected chi connectivity index (χ1v) is 4.65. The fourth-order valence-electron chi connectivity index (χ4n) is 1.71. The molecule has 0 aromatic heterocycles. The number of amides is 3. The zero-order chi connectivity index (χ0) is 10.1. The summed E-state index contributed by atoms with van der Waals surface area (Å²) < 4.78 is 0. The molecule has 0 bridgehead atoms. The first-order chi connectivity index (χ1) is 6.11. The molecule has 4 nitrogen and oxygen atoms in total. The number of nitrogens with one attached hydrogen (secondary N) is 1. The second kappa shape index (κ2) is 3.36. The van der Waals surface area contributed by atoms with Gasteiger partial charge >= 0.3 is 6.03 Å². The summed E-state index contributed by atoms with van der Waals surface area (Å²) in [5, 5.41) is 2.45. The highest BCUT2D eigenvalue weighted by atomic mass is 16.2. The van der Waals surface area contributed by atoms with Crippen molar-refractivity contribution in [2.24, 2.45) is 5.41 Å². The molecule has 1 aliphatic heterocycles. The van der Waals surface area contributed by atoms with Gasteiger partial charge in [0.1, 0.15) is 0 Å². The summed E-state index contributed by atoms with van der Waals surface area (Å²) in [6.07, 6.45) is 1.63. The molecule has 4 heteroatoms. The molecule has 1 heterocycles. The smallest absolute Gasteiger partial charge is 0.323 e. The monoisotopic (exact) mass is 184 g/mol. The van der Waals surface area contributed by atoms with E-state index < -0.39 is 0 Å². The maximum atomic E-state index is 11.6. The average Bonchev–Trinajstić information content (AvgIpc) is 2.17. The van der Waals surface area contributed by atoms with Crippen molar-refractivity contribution in [3.63, 3.8) is 0 Å². The lowest BCUT2D eigenvalue weighted by atomic mass is 9.74. The molecule has 13 heavy (non-hydrogen) atoms. The lowest BCUT2D eigenvalue weighted by Crippen LogP contribution is -2.64. The number of carbonyl (C=O) groups excluding carboxylic acids is 2. The largest absolute Gasteiger partial charge is 0.341 e. The van der Waals surface area contributed by atoms with Gasteiger partial charge in [0.25, 0.3) is 0 Å². The normalized spacial score (nSPS) is 19.6. The van der Waals surface area contributed by atoms with Crippen LogP contribution < -0.4 is 5.32 Å². The van der Waals surface area contributed by atoms with E-state index in [1.165, 1.54) is 11.9 Å². The third-order valence-electron chi connectivity index (χ3n) is 2.97. The van der Waals surface area contributed by atoms with Crippen LogP contribution in [0.3, 0.4) is 0 Å². The number of hydrogen-bond acceptors (Lipinski definition) is 2. The molecule has 1 N–H and O–H groups in total. The van der Waals surface area contributed by atoms with Crippen LogP contribution in [0.25, 0.3) is 0 Å². The number of carbonyl (C=O) groups is 2. The van der Waals surface area contributed by atoms with Crippen LogP contribution in [-0.4, -0.2) is 30.4 Å². The summed E-state index contributed by atoms with van der Waals surface area (Å²) in [4.78, 5) is 24.0. The van der Waals surface area contributed by atoms with Gasteiger partial charge in [-0.3, -0.25) is 9.69 Å². The van der Waals surface area contributed by atoms with Crippen LogP contribution in [0, 0.1) is 5.41 Å². The Morgan fingerprint density at radius 1 is 1.54 bits per heavy atom. The number of urea groups is 1. The molecule has 0 atom stereocenters. The Bertz CT molecular complexity index is 234. The zero-order valence-electron chi connectivity index (χ0n) is 8.39. The van der Waals surface area contributed by atoms with Gasteiger partial charge in [0.15, 0.2) is 0 Å². The van der Waals surface area contributed by atoms with Crippen molar-refractivity contribution in [3.8, 4) is 0 Å². The van der Waals surface area contributed by atoms with E-state index >= 15 is 0 Å². The fraction of sp³-hybridized carbons (Fsp3) is 0.778. The third kappa shape index (κ3) is 1.30. The molecule has 74 valence electrons. The molecule has 1 aliphatic rings. The lowest BCUT2D eigenvalue weighted by Gasteiger charge is -2.46. The molecule has 0 unspecified atom stereocenters. The van der Waals surface area contributed by atoms with E-state index in [2.05, 4.69) is 5.32 Å². The Kier molecular flexibility index (Phi) is 2.59. The second-order valence-corrected chi connectivity index (χ2v) is 3.43. The van der Waals surface area contributed by atoms with E-state index in [1.807, 2.05) is 13.8 Å². The maximum Gasteiger partial charge on any atom is 0.323 e. The van der Waals surface area contributed by atoms with E-state index in [1.54, 1.807) is 0 Å². The van der Waals surface area contributed by atoms with Crippen LogP contribution in [-0.2, 0) is 4.79 Å². The standard InChI is InChI=1S/C9H16N2O2/c1-4-9(5-2)6-11(7(9)12)8(13)10-3/h4-6H2,1-3H3,(H,10,13). The van der Waals surface area contributed by atoms with Gasteiger partial charge in [-0.05, 0) is 12.8 Å². The van der Waals surface area contributed by atoms with Crippen molar-refractivity contribution in [1.29, 1.82) is 0 Å². The van der Waals surface area contributed by atoms with Gasteiger partial charge in [-0.2, -0.15) is 0 Å². The van der Waals surface area contributed by atoms with Gasteiger partial charge in [-0.25, -0.2) is 4.79 Å². The minimum absolute atomic E-state index is 0.0307. The molecule has 0 spiro atoms. The van der Waals surface area contributed by atoms with Crippen LogP contribution >= 0.6 is 0 Å². The molecule has 0 saturated carbocycles. The number of imide groups is 1. The van der Waals surface area contributed by atoms with Gasteiger partial charge in [0, 0.05) is 13.6 Å². The van der Waals surface area contributed by atoms with Crippen LogP contribution in [0.2, 0.25) is 0 Å². The molecule has 3 amide bonds. The number of β-lactam (4-membered cyclic amide) rings is 1. The highest BCUT2D eigenvalue weighted by Crippen LogP contribution is 2.38. The maximum absolute atomic E-state index is 11.6. The van der Waals surface area contributed by atoms with E-state index in [0.29, 0.717) is 6.54 Å². The Morgan fingerprint density at radius 3 is 2.38 bits per heavy atom. The quantitative estimate of drug-likeness (QED) is 0.650. The average molecular weight is 184 g/mol. The minimum Gasteiger partial charge on any atom is -0.341 e. The predicted octanol–water partition coefficient (Wildman–Crippen LogP) is 0.974. The summed E-state index contributed by atoms with van der Waals surface area (Å²) >= 11 is 0. The zero-order valence-corrected chi connectivity index (χ0v) is 8.39. The molecule has 1 rings (SSSR count). The lowest BCUT2D eigenvalue weighted by molar-refractivity contribution is -0.155. The van der Waals surface area contributed by atoms with Gasteiger partial charge in [-0.1, -0.05) is 13.8 Å². The van der Waals surface area contributed by atoms with Crippen molar-refractivity contribution in [1.82, 2.24) is 10.2 Å². The van der Waals surface area contributed by atoms with Gasteiger partial charge < -0.3 is 5.32 Å². The van der Waals surface area contributed by atoms with Crippen molar-refractivity contribution in [2.45, 2.75) is 26.7 Å². The summed E-state index contributed by atoms with van der Waals surface area (Å²) in [7, 11) is 1.54. The van der Waals surface area contributed by atoms with Crippen LogP contribution in [0.15, 0.2) is 0 Å². The van der Waals surface area contributed by atoms with Crippen molar-refractivity contribution in [3.05, 3.63) is 0 Å². The minimum atomic E-state index is -0.289. The molecule has 0 aromatic rings. The molecule has 0 radical (unpaired) electrons. The summed E-state index contributed by atoms with van der Waals surface area (Å²) in [5.74, 6) is -0.0307. The molecular formula is C9H16N2O2. The Morgan fingerprint density at radius 2 is 2.08 bits per heavy atom. The third-order valence-corrected chi connectivity index (χ3v) is 2.97. The van der Waals surface area contributed by atoms with Gasteiger partial charge in [0.05, 0.1) is 5.41 Å². The first-order valence-electron chi connectivity index (χ1n) is 4.65. The number of likely N-dealkylation sites (tertiary alicyclic amines) is 1. The Hall–Kier alpha value is -1.06. The van der Waals surface area contributed by atoms with E-state index in [9.17, 15) is 9.59 Å². The number of nitrogens with zero attached hydrogens (tertiary/aromatic N) is 1. The van der Waals surface area contributed by atoms with Crippen molar-refractivity contribution in [2.75, 3.05) is 13.6 Å². The van der Waals surface area contributed by atoms with Crippen LogP contribution in [0.4, 0.5) is 4.79 Å². The number of hydrogen-bond donors (Lipinski definition) is 1. The van der Waals surface area contributed by atoms with Crippen molar-refractivity contribution >= 4 is 11.9 Å². The van der Waals surface area contributed by atoms with E-state index in [0.717, 1.165) is 12.8 Å². The van der Waals surface area contributed by atoms with E-state index in [4.69, 9.17) is 0 Å². The SMILES string of the molecule is CCC1(CC)CN(C(=O)NC)C1=O. The van der Waals surface area contributed by atoms with E-state index in [-0.39, 0.29) is 17.4 Å². The molecule has 0 aliphatic carbocycles. The highest BCUT2D eigenvalue weighted by molar-refractivity contribution is 6.02. The molecular weight excluding hydrogens is 168 g/mol. The molecule has 1 fully saturated rings. The van der Waals surface area contributed by atoms with Gasteiger partial charge in [-0.15, -0.1) is 0 Å². The summed E-state index contributed by atoms with van der Waals surface area (Å²) in [5.41, 5.74) is -0.257. The van der Waals surface area contributed by atoms with Gasteiger partial charge in [0.2, 0.25) is 5.91 Å². The van der Waals surface area contributed by atoms with Crippen molar-refractivity contribution < 1.29 is 9.59 Å². The van der Waals surface area contributed by atoms with Crippen LogP contribution in [0.1, 0.15) is 26.7 Å². The van der Waals surface area contributed by atoms with Crippen LogP contribution in [0.5, 0.6) is 0 Å². The summed E-state index contributed by atoms with van der Waals surface area (Å²) in [6, 6.07) is -0.289. The Balaban J connectivity index is 2.65. The number of rotatable bonds is 2. The molecule has 1 saturated heterocycles. The predicted molar refractivity (Wildman–Crippen MR) is 49.2 cm³/mol. The fourth-order valence-corrected chi connectivity index (χ4v) is 1.71. The summed E-state index contributed by atoms with van der Waals surface area (Å²) in [6.45, 7) is 4.55.